The van der Waals surface area contributed by atoms with Gasteiger partial charge in [0.2, 0.25) is 0 Å². The second kappa shape index (κ2) is 9.37. The van der Waals surface area contributed by atoms with E-state index in [1.807, 2.05) is 44.4 Å². The van der Waals surface area contributed by atoms with Crippen molar-refractivity contribution in [1.29, 1.82) is 0 Å². The van der Waals surface area contributed by atoms with Crippen LogP contribution in [0, 0.1) is 0 Å². The van der Waals surface area contributed by atoms with Crippen LogP contribution in [-0.2, 0) is 4.79 Å². The quantitative estimate of drug-likeness (QED) is 0.496. The van der Waals surface area contributed by atoms with Crippen molar-refractivity contribution in [3.05, 3.63) is 89.1 Å². The topological polar surface area (TPSA) is 62.8 Å². The van der Waals surface area contributed by atoms with Gasteiger partial charge in [0.25, 0.3) is 0 Å². The Hall–Kier alpha value is -3.93. The van der Waals surface area contributed by atoms with Crippen molar-refractivity contribution in [2.75, 3.05) is 43.8 Å². The lowest BCUT2D eigenvalue weighted by Crippen LogP contribution is -2.27. The van der Waals surface area contributed by atoms with Crippen LogP contribution in [0.25, 0.3) is 0 Å². The lowest BCUT2D eigenvalue weighted by atomic mass is 9.78. The Morgan fingerprint density at radius 2 is 1.51 bits per heavy atom. The number of benzene rings is 3. The van der Waals surface area contributed by atoms with Gasteiger partial charge in [-0.1, -0.05) is 30.3 Å². The van der Waals surface area contributed by atoms with E-state index >= 15 is 0 Å². The summed E-state index contributed by atoms with van der Waals surface area (Å²) in [7, 11) is 7.32. The van der Waals surface area contributed by atoms with E-state index in [0.717, 1.165) is 45.9 Å². The van der Waals surface area contributed by atoms with E-state index in [0.29, 0.717) is 17.9 Å². The Morgan fingerprint density at radius 3 is 2.20 bits per heavy atom. The molecule has 0 aromatic heterocycles. The molecule has 2 N–H and O–H groups in total. The summed E-state index contributed by atoms with van der Waals surface area (Å²) in [5.74, 6) is 1.57. The summed E-state index contributed by atoms with van der Waals surface area (Å²) in [5.41, 5.74) is 7.02. The van der Waals surface area contributed by atoms with Crippen LogP contribution in [0.2, 0.25) is 0 Å². The van der Waals surface area contributed by atoms with Crippen molar-refractivity contribution < 1.29 is 14.3 Å². The van der Waals surface area contributed by atoms with Crippen molar-refractivity contribution in [3.8, 4) is 11.5 Å². The molecule has 2 atom stereocenters. The molecule has 35 heavy (non-hydrogen) atoms. The number of methoxy groups -OCH3 is 2. The van der Waals surface area contributed by atoms with Gasteiger partial charge >= 0.3 is 0 Å². The first-order valence-electron chi connectivity index (χ1n) is 11.9. The highest BCUT2D eigenvalue weighted by Gasteiger charge is 2.36. The zero-order valence-electron chi connectivity index (χ0n) is 20.6. The summed E-state index contributed by atoms with van der Waals surface area (Å²) in [4.78, 5) is 15.8. The Labute approximate surface area is 206 Å². The molecule has 180 valence electrons. The first-order chi connectivity index (χ1) is 17.0. The van der Waals surface area contributed by atoms with E-state index in [4.69, 9.17) is 9.47 Å². The van der Waals surface area contributed by atoms with Gasteiger partial charge in [0, 0.05) is 37.5 Å². The van der Waals surface area contributed by atoms with Crippen LogP contribution in [0.3, 0.4) is 0 Å². The molecule has 0 unspecified atom stereocenters. The van der Waals surface area contributed by atoms with Gasteiger partial charge in [-0.2, -0.15) is 0 Å². The predicted octanol–water partition coefficient (Wildman–Crippen LogP) is 5.75. The van der Waals surface area contributed by atoms with Gasteiger partial charge in [-0.25, -0.2) is 0 Å². The average molecular weight is 470 g/mol. The summed E-state index contributed by atoms with van der Waals surface area (Å²) in [6.07, 6.45) is 1.18. The van der Waals surface area contributed by atoms with Crippen LogP contribution < -0.4 is 25.0 Å². The highest BCUT2D eigenvalue weighted by atomic mass is 16.5. The van der Waals surface area contributed by atoms with Crippen molar-refractivity contribution in [3.63, 3.8) is 0 Å². The molecule has 3 aromatic carbocycles. The normalized spacial score (nSPS) is 19.0. The Balaban J connectivity index is 1.56. The number of hydrogen-bond donors (Lipinski definition) is 2. The molecular formula is C29H31N3O3. The molecule has 3 aromatic rings. The van der Waals surface area contributed by atoms with Crippen LogP contribution in [0.4, 0.5) is 17.1 Å². The fourth-order valence-electron chi connectivity index (χ4n) is 5.05. The maximum absolute atomic E-state index is 13.8. The minimum Gasteiger partial charge on any atom is -0.493 e. The number of fused-ring (bicyclic) bond motifs is 1. The minimum atomic E-state index is -0.226. The monoisotopic (exact) mass is 469 g/mol. The van der Waals surface area contributed by atoms with E-state index in [1.165, 1.54) is 0 Å². The molecule has 0 bridgehead atoms. The molecule has 2 aliphatic rings. The number of anilines is 3. The van der Waals surface area contributed by atoms with Gasteiger partial charge in [0.15, 0.2) is 17.3 Å². The van der Waals surface area contributed by atoms with E-state index in [2.05, 4.69) is 51.9 Å². The molecule has 1 aliphatic heterocycles. The average Bonchev–Trinajstić information content (AvgIpc) is 3.05. The Morgan fingerprint density at radius 1 is 0.829 bits per heavy atom. The number of carbonyl (C=O) groups excluding carboxylic acids is 1. The Bertz CT molecular complexity index is 1280. The van der Waals surface area contributed by atoms with Crippen molar-refractivity contribution >= 4 is 22.8 Å². The van der Waals surface area contributed by atoms with E-state index in [1.54, 1.807) is 14.2 Å². The highest BCUT2D eigenvalue weighted by Crippen LogP contribution is 2.45. The molecule has 0 saturated heterocycles. The highest BCUT2D eigenvalue weighted by molar-refractivity contribution is 6.01. The van der Waals surface area contributed by atoms with E-state index in [-0.39, 0.29) is 17.7 Å². The molecule has 0 spiro atoms. The fraction of sp³-hybridized carbons (Fsp3) is 0.276. The van der Waals surface area contributed by atoms with E-state index < -0.39 is 0 Å². The van der Waals surface area contributed by atoms with Crippen molar-refractivity contribution in [1.82, 2.24) is 0 Å². The van der Waals surface area contributed by atoms with Crippen molar-refractivity contribution in [2.45, 2.75) is 24.8 Å². The van der Waals surface area contributed by atoms with Gasteiger partial charge in [-0.05, 0) is 59.9 Å². The summed E-state index contributed by atoms with van der Waals surface area (Å²) >= 11 is 0. The molecule has 0 fully saturated rings. The third-order valence-electron chi connectivity index (χ3n) is 6.93. The lowest BCUT2D eigenvalue weighted by molar-refractivity contribution is -0.116. The van der Waals surface area contributed by atoms with Crippen LogP contribution >= 0.6 is 0 Å². The molecule has 5 rings (SSSR count). The number of ether oxygens (including phenoxy) is 2. The number of allylic oxidation sites excluding steroid dienone is 1. The molecule has 0 saturated carbocycles. The molecular weight excluding hydrogens is 438 g/mol. The maximum atomic E-state index is 13.8. The van der Waals surface area contributed by atoms with Gasteiger partial charge in [0.05, 0.1) is 31.6 Å². The second-order valence-electron chi connectivity index (χ2n) is 9.27. The first-order valence-corrected chi connectivity index (χ1v) is 11.9. The summed E-state index contributed by atoms with van der Waals surface area (Å²) in [6, 6.07) is 22.3. The van der Waals surface area contributed by atoms with Crippen LogP contribution in [0.15, 0.2) is 78.0 Å². The SMILES string of the molecule is COc1ccc([C@H]2CC(=O)C3=C(C2)Nc2ccccc2N[C@@H]3c2ccc(N(C)C)cc2)cc1OC. The molecule has 0 amide bonds. The van der Waals surface area contributed by atoms with Gasteiger partial charge in [-0.3, -0.25) is 4.79 Å². The fourth-order valence-corrected chi connectivity index (χ4v) is 5.05. The molecule has 6 heteroatoms. The minimum absolute atomic E-state index is 0.0515. The zero-order valence-corrected chi connectivity index (χ0v) is 20.6. The zero-order chi connectivity index (χ0) is 24.5. The van der Waals surface area contributed by atoms with Gasteiger partial charge in [-0.15, -0.1) is 0 Å². The Kier molecular flexibility index (Phi) is 6.12. The number of Topliss-reactive ketones (excluding diaryl/α,β-unsaturated/α-hetero) is 1. The number of carbonyl (C=O) groups is 1. The maximum Gasteiger partial charge on any atom is 0.163 e. The molecule has 1 heterocycles. The summed E-state index contributed by atoms with van der Waals surface area (Å²) < 4.78 is 10.9. The first kappa shape index (κ1) is 22.8. The molecule has 0 radical (unpaired) electrons. The second-order valence-corrected chi connectivity index (χ2v) is 9.27. The number of ketones is 1. The summed E-state index contributed by atoms with van der Waals surface area (Å²) in [5, 5.41) is 7.25. The third kappa shape index (κ3) is 4.32. The number of rotatable bonds is 5. The van der Waals surface area contributed by atoms with Gasteiger partial charge in [0.1, 0.15) is 0 Å². The molecule has 1 aliphatic carbocycles. The number of nitrogens with one attached hydrogen (secondary N) is 2. The molecule has 6 nitrogen and oxygen atoms in total. The third-order valence-corrected chi connectivity index (χ3v) is 6.93. The van der Waals surface area contributed by atoms with Crippen molar-refractivity contribution in [2.24, 2.45) is 0 Å². The lowest BCUT2D eigenvalue weighted by Gasteiger charge is -2.30. The van der Waals surface area contributed by atoms with Gasteiger partial charge < -0.3 is 25.0 Å². The predicted molar refractivity (Wildman–Crippen MR) is 141 cm³/mol. The number of hydrogen-bond acceptors (Lipinski definition) is 6. The number of nitrogens with zero attached hydrogens (tertiary/aromatic N) is 1. The number of para-hydroxylation sites is 2. The van der Waals surface area contributed by atoms with Crippen LogP contribution in [-0.4, -0.2) is 34.1 Å². The summed E-state index contributed by atoms with van der Waals surface area (Å²) in [6.45, 7) is 0. The standard InChI is InChI=1S/C29H31N3O3/c1-32(2)21-12-9-18(10-13-21)29-28-24(30-22-7-5-6-8-23(22)31-29)15-20(16-25(28)33)19-11-14-26(34-3)27(17-19)35-4/h5-14,17,20,29-31H,15-16H2,1-4H3/t20-,29-/m1/s1. The van der Waals surface area contributed by atoms with E-state index in [9.17, 15) is 4.79 Å². The largest absolute Gasteiger partial charge is 0.493 e. The van der Waals surface area contributed by atoms with Crippen LogP contribution in [0.1, 0.15) is 35.9 Å². The van der Waals surface area contributed by atoms with Crippen LogP contribution in [0.5, 0.6) is 11.5 Å². The smallest absolute Gasteiger partial charge is 0.163 e.